The third kappa shape index (κ3) is 3.07. The topological polar surface area (TPSA) is 78.9 Å². The van der Waals surface area contributed by atoms with Crippen LogP contribution in [0.4, 0.5) is 0 Å². The van der Waals surface area contributed by atoms with Gasteiger partial charge in [-0.1, -0.05) is 27.7 Å². The number of cyclic esters (lactones) is 1. The number of carbonyl (C=O) groups excluding carboxylic acids is 3. The van der Waals surface area contributed by atoms with Gasteiger partial charge in [0.25, 0.3) is 0 Å². The van der Waals surface area contributed by atoms with Crippen molar-refractivity contribution in [2.45, 2.75) is 73.0 Å². The molecule has 1 heterocycles. The molecule has 178 valence electrons. The molecule has 4 aliphatic carbocycles. The van der Waals surface area contributed by atoms with E-state index in [0.29, 0.717) is 35.5 Å². The maximum atomic E-state index is 13.6. The quantitative estimate of drug-likeness (QED) is 0.372. The minimum Gasteiger partial charge on any atom is -0.462 e. The number of ether oxygens (including phenoxy) is 3. The van der Waals surface area contributed by atoms with Crippen molar-refractivity contribution in [1.82, 2.24) is 0 Å². The molecule has 0 N–H and O–H groups in total. The molecule has 4 saturated carbocycles. The van der Waals surface area contributed by atoms with E-state index >= 15 is 0 Å². The van der Waals surface area contributed by atoms with Gasteiger partial charge in [-0.3, -0.25) is 9.59 Å². The van der Waals surface area contributed by atoms with Gasteiger partial charge in [0.15, 0.2) is 0 Å². The maximum Gasteiger partial charge on any atom is 0.348 e. The van der Waals surface area contributed by atoms with Crippen LogP contribution in [0.5, 0.6) is 0 Å². The molecule has 1 saturated heterocycles. The van der Waals surface area contributed by atoms with Crippen molar-refractivity contribution in [3.63, 3.8) is 0 Å². The number of esters is 3. The van der Waals surface area contributed by atoms with Gasteiger partial charge in [-0.2, -0.15) is 0 Å². The van der Waals surface area contributed by atoms with Crippen molar-refractivity contribution >= 4 is 17.9 Å². The fraction of sp³-hybridized carbons (Fsp3) is 0.885. The summed E-state index contributed by atoms with van der Waals surface area (Å²) in [6, 6.07) is 0. The lowest BCUT2D eigenvalue weighted by molar-refractivity contribution is -0.180. The van der Waals surface area contributed by atoms with Gasteiger partial charge in [0.05, 0.1) is 11.8 Å². The van der Waals surface area contributed by atoms with Gasteiger partial charge in [-0.25, -0.2) is 4.79 Å². The van der Waals surface area contributed by atoms with Crippen LogP contribution in [0, 0.1) is 64.6 Å². The van der Waals surface area contributed by atoms with E-state index in [0.717, 1.165) is 6.42 Å². The summed E-state index contributed by atoms with van der Waals surface area (Å²) in [5, 5.41) is 0. The highest BCUT2D eigenvalue weighted by molar-refractivity contribution is 5.87. The SMILES string of the molecule is CC1C(C)C2CC1C1C3CC(C(C(=O)OC(C)(C)C)C3C(=O)OC3C(=O)OCC3(C)C)C21. The highest BCUT2D eigenvalue weighted by Crippen LogP contribution is 2.73. The molecule has 0 aromatic rings. The predicted octanol–water partition coefficient (Wildman–Crippen LogP) is 3.86. The second kappa shape index (κ2) is 6.96. The van der Waals surface area contributed by atoms with Crippen LogP contribution < -0.4 is 0 Å². The molecule has 5 aliphatic rings. The standard InChI is InChI=1S/C26H38O6/c1-11-12(2)14-8-13(11)17-15-9-16(18(14)17)20(23(28)32-25(3,4)5)19(15)22(27)31-21-24(29)30-10-26(21,6)7/h11-21H,8-10H2,1-7H3. The summed E-state index contributed by atoms with van der Waals surface area (Å²) in [7, 11) is 0. The molecule has 6 heteroatoms. The Bertz CT molecular complexity index is 840. The molecule has 0 spiro atoms. The zero-order valence-electron chi connectivity index (χ0n) is 20.4. The van der Waals surface area contributed by atoms with Gasteiger partial charge in [0.1, 0.15) is 12.2 Å². The summed E-state index contributed by atoms with van der Waals surface area (Å²) in [6.07, 6.45) is 1.20. The molecule has 32 heavy (non-hydrogen) atoms. The Morgan fingerprint density at radius 1 is 0.906 bits per heavy atom. The molecule has 0 aromatic heterocycles. The summed E-state index contributed by atoms with van der Waals surface area (Å²) in [5.41, 5.74) is -1.18. The molecule has 0 radical (unpaired) electrons. The van der Waals surface area contributed by atoms with Crippen LogP contribution in [-0.4, -0.2) is 36.2 Å². The van der Waals surface area contributed by atoms with E-state index in [4.69, 9.17) is 14.2 Å². The van der Waals surface area contributed by atoms with Crippen molar-refractivity contribution in [1.29, 1.82) is 0 Å². The van der Waals surface area contributed by atoms with Crippen molar-refractivity contribution in [2.75, 3.05) is 6.61 Å². The molecule has 0 aromatic carbocycles. The molecule has 4 bridgehead atoms. The second-order valence-electron chi connectivity index (χ2n) is 13.0. The van der Waals surface area contributed by atoms with Crippen LogP contribution in [0.3, 0.4) is 0 Å². The van der Waals surface area contributed by atoms with Crippen LogP contribution >= 0.6 is 0 Å². The lowest BCUT2D eigenvalue weighted by Crippen LogP contribution is -2.49. The molecule has 1 aliphatic heterocycles. The van der Waals surface area contributed by atoms with Crippen molar-refractivity contribution in [2.24, 2.45) is 64.6 Å². The van der Waals surface area contributed by atoms with E-state index < -0.39 is 40.9 Å². The molecule has 11 unspecified atom stereocenters. The first-order valence-corrected chi connectivity index (χ1v) is 12.4. The third-order valence-corrected chi connectivity index (χ3v) is 9.70. The number of fused-ring (bicyclic) bond motifs is 9. The fourth-order valence-electron chi connectivity index (χ4n) is 8.39. The number of carbonyl (C=O) groups is 3. The van der Waals surface area contributed by atoms with Gasteiger partial charge >= 0.3 is 17.9 Å². The van der Waals surface area contributed by atoms with E-state index in [2.05, 4.69) is 13.8 Å². The summed E-state index contributed by atoms with van der Waals surface area (Å²) < 4.78 is 16.8. The molecule has 5 fully saturated rings. The van der Waals surface area contributed by atoms with E-state index in [1.165, 1.54) is 6.42 Å². The van der Waals surface area contributed by atoms with Gasteiger partial charge in [0.2, 0.25) is 6.10 Å². The van der Waals surface area contributed by atoms with Crippen LogP contribution in [0.1, 0.15) is 61.3 Å². The van der Waals surface area contributed by atoms with Crippen molar-refractivity contribution in [3.05, 3.63) is 0 Å². The lowest BCUT2D eigenvalue weighted by atomic mass is 9.59. The summed E-state index contributed by atoms with van der Waals surface area (Å²) in [4.78, 5) is 39.3. The van der Waals surface area contributed by atoms with Crippen molar-refractivity contribution in [3.8, 4) is 0 Å². The highest BCUT2D eigenvalue weighted by atomic mass is 16.6. The van der Waals surface area contributed by atoms with Crippen LogP contribution in [-0.2, 0) is 28.6 Å². The van der Waals surface area contributed by atoms with Crippen molar-refractivity contribution < 1.29 is 28.6 Å². The van der Waals surface area contributed by atoms with E-state index in [1.807, 2.05) is 34.6 Å². The molecular weight excluding hydrogens is 408 g/mol. The average Bonchev–Trinajstić information content (AvgIpc) is 3.44. The number of rotatable bonds is 3. The summed E-state index contributed by atoms with van der Waals surface area (Å²) in [6.45, 7) is 14.3. The first-order chi connectivity index (χ1) is 14.8. The van der Waals surface area contributed by atoms with E-state index in [-0.39, 0.29) is 24.4 Å². The van der Waals surface area contributed by atoms with Gasteiger partial charge in [-0.05, 0) is 81.0 Å². The van der Waals surface area contributed by atoms with Gasteiger partial charge < -0.3 is 14.2 Å². The number of hydrogen-bond donors (Lipinski definition) is 0. The molecular formula is C26H38O6. The third-order valence-electron chi connectivity index (χ3n) is 9.70. The molecule has 0 amide bonds. The molecule has 6 nitrogen and oxygen atoms in total. The van der Waals surface area contributed by atoms with Gasteiger partial charge in [0, 0.05) is 5.41 Å². The van der Waals surface area contributed by atoms with Crippen LogP contribution in [0.2, 0.25) is 0 Å². The smallest absolute Gasteiger partial charge is 0.348 e. The first kappa shape index (κ1) is 22.2. The van der Waals surface area contributed by atoms with E-state index in [1.54, 1.807) is 0 Å². The van der Waals surface area contributed by atoms with Gasteiger partial charge in [-0.15, -0.1) is 0 Å². The Morgan fingerprint density at radius 2 is 1.41 bits per heavy atom. The summed E-state index contributed by atoms with van der Waals surface area (Å²) >= 11 is 0. The minimum absolute atomic E-state index is 0.139. The zero-order chi connectivity index (χ0) is 23.3. The van der Waals surface area contributed by atoms with E-state index in [9.17, 15) is 14.4 Å². The molecule has 5 rings (SSSR count). The highest BCUT2D eigenvalue weighted by Gasteiger charge is 2.71. The monoisotopic (exact) mass is 446 g/mol. The average molecular weight is 447 g/mol. The first-order valence-electron chi connectivity index (χ1n) is 12.4. The Morgan fingerprint density at radius 3 is 1.88 bits per heavy atom. The normalized spacial score (nSPS) is 48.0. The minimum atomic E-state index is -0.914. The Kier molecular flexibility index (Phi) is 4.83. The summed E-state index contributed by atoms with van der Waals surface area (Å²) in [5.74, 6) is 1.71. The Hall–Kier alpha value is -1.59. The Balaban J connectivity index is 1.45. The van der Waals surface area contributed by atoms with Crippen LogP contribution in [0.15, 0.2) is 0 Å². The lowest BCUT2D eigenvalue weighted by Gasteiger charge is -2.45. The Labute approximate surface area is 191 Å². The zero-order valence-corrected chi connectivity index (χ0v) is 20.4. The second-order valence-corrected chi connectivity index (χ2v) is 13.0. The van der Waals surface area contributed by atoms with Crippen LogP contribution in [0.25, 0.3) is 0 Å². The number of hydrogen-bond acceptors (Lipinski definition) is 6. The maximum absolute atomic E-state index is 13.6. The fourth-order valence-corrected chi connectivity index (χ4v) is 8.39. The predicted molar refractivity (Wildman–Crippen MR) is 116 cm³/mol. The largest absolute Gasteiger partial charge is 0.462 e. The molecule has 11 atom stereocenters.